The van der Waals surface area contributed by atoms with Crippen molar-refractivity contribution in [3.63, 3.8) is 0 Å². The van der Waals surface area contributed by atoms with Crippen LogP contribution in [0.2, 0.25) is 0 Å². The molecule has 0 aliphatic carbocycles. The molecule has 21 heavy (non-hydrogen) atoms. The van der Waals surface area contributed by atoms with E-state index in [1.54, 1.807) is 12.1 Å². The third-order valence-corrected chi connectivity index (χ3v) is 3.64. The summed E-state index contributed by atoms with van der Waals surface area (Å²) in [6.45, 7) is 5.88. The van der Waals surface area contributed by atoms with Gasteiger partial charge in [0.1, 0.15) is 11.6 Å². The summed E-state index contributed by atoms with van der Waals surface area (Å²) in [6.07, 6.45) is 0.611. The molecule has 0 fully saturated rings. The van der Waals surface area contributed by atoms with Gasteiger partial charge in [0.25, 0.3) is 0 Å². The van der Waals surface area contributed by atoms with Crippen molar-refractivity contribution in [3.8, 4) is 5.75 Å². The highest BCUT2D eigenvalue weighted by atomic mass is 19.1. The van der Waals surface area contributed by atoms with Gasteiger partial charge in [-0.3, -0.25) is 0 Å². The molecule has 2 aromatic carbocycles. The van der Waals surface area contributed by atoms with Crippen LogP contribution in [-0.2, 0) is 5.54 Å². The van der Waals surface area contributed by atoms with Crippen LogP contribution in [0.25, 0.3) is 0 Å². The number of halogens is 1. The summed E-state index contributed by atoms with van der Waals surface area (Å²) in [5.74, 6) is 0.418. The van der Waals surface area contributed by atoms with E-state index in [1.807, 2.05) is 51.1 Å². The maximum absolute atomic E-state index is 14.2. The first-order valence-electron chi connectivity index (χ1n) is 7.29. The molecule has 0 spiro atoms. The molecule has 2 nitrogen and oxygen atoms in total. The summed E-state index contributed by atoms with van der Waals surface area (Å²) in [4.78, 5) is 0. The standard InChI is InChI=1S/C18H22FNO/c1-4-18(20,14-9-5-7-11-16(14)19)15-10-6-8-12-17(15)21-13(2)3/h5-13H,4,20H2,1-3H3. The number of hydrogen-bond donors (Lipinski definition) is 1. The molecule has 2 rings (SSSR count). The van der Waals surface area contributed by atoms with Crippen LogP contribution in [0.5, 0.6) is 5.75 Å². The zero-order chi connectivity index (χ0) is 15.5. The Hall–Kier alpha value is -1.87. The van der Waals surface area contributed by atoms with E-state index in [0.717, 1.165) is 5.56 Å². The lowest BCUT2D eigenvalue weighted by atomic mass is 9.81. The summed E-state index contributed by atoms with van der Waals surface area (Å²) >= 11 is 0. The predicted molar refractivity (Wildman–Crippen MR) is 83.9 cm³/mol. The molecule has 3 heteroatoms. The van der Waals surface area contributed by atoms with Gasteiger partial charge in [-0.15, -0.1) is 0 Å². The first-order valence-corrected chi connectivity index (χ1v) is 7.29. The fourth-order valence-corrected chi connectivity index (χ4v) is 2.54. The van der Waals surface area contributed by atoms with Crippen molar-refractivity contribution in [1.82, 2.24) is 0 Å². The largest absolute Gasteiger partial charge is 0.491 e. The monoisotopic (exact) mass is 287 g/mol. The van der Waals surface area contributed by atoms with Crippen LogP contribution >= 0.6 is 0 Å². The van der Waals surface area contributed by atoms with Gasteiger partial charge in [0.15, 0.2) is 0 Å². The Morgan fingerprint density at radius 2 is 1.62 bits per heavy atom. The van der Waals surface area contributed by atoms with Gasteiger partial charge >= 0.3 is 0 Å². The van der Waals surface area contributed by atoms with Crippen LogP contribution < -0.4 is 10.5 Å². The molecule has 2 aromatic rings. The van der Waals surface area contributed by atoms with Crippen molar-refractivity contribution in [2.75, 3.05) is 0 Å². The average Bonchev–Trinajstić information content (AvgIpc) is 2.47. The summed E-state index contributed by atoms with van der Waals surface area (Å²) in [7, 11) is 0. The van der Waals surface area contributed by atoms with Crippen LogP contribution in [-0.4, -0.2) is 6.10 Å². The number of rotatable bonds is 5. The van der Waals surface area contributed by atoms with Crippen LogP contribution in [0.3, 0.4) is 0 Å². The Kier molecular flexibility index (Phi) is 4.63. The van der Waals surface area contributed by atoms with Gasteiger partial charge in [0.05, 0.1) is 11.6 Å². The van der Waals surface area contributed by atoms with Gasteiger partial charge in [0.2, 0.25) is 0 Å². The number of hydrogen-bond acceptors (Lipinski definition) is 2. The van der Waals surface area contributed by atoms with Gasteiger partial charge < -0.3 is 10.5 Å². The van der Waals surface area contributed by atoms with Crippen molar-refractivity contribution in [1.29, 1.82) is 0 Å². The summed E-state index contributed by atoms with van der Waals surface area (Å²) < 4.78 is 20.1. The van der Waals surface area contributed by atoms with Gasteiger partial charge in [-0.2, -0.15) is 0 Å². The highest BCUT2D eigenvalue weighted by Gasteiger charge is 2.33. The number of ether oxygens (including phenoxy) is 1. The molecule has 0 aliphatic heterocycles. The van der Waals surface area contributed by atoms with Gasteiger partial charge in [-0.1, -0.05) is 43.3 Å². The maximum atomic E-state index is 14.2. The second kappa shape index (κ2) is 6.27. The highest BCUT2D eigenvalue weighted by Crippen LogP contribution is 2.37. The molecule has 0 heterocycles. The van der Waals surface area contributed by atoms with Crippen LogP contribution in [0.4, 0.5) is 4.39 Å². The number of nitrogens with two attached hydrogens (primary N) is 1. The normalized spacial score (nSPS) is 14.0. The Balaban J connectivity index is 2.58. The van der Waals surface area contributed by atoms with E-state index in [-0.39, 0.29) is 11.9 Å². The van der Waals surface area contributed by atoms with E-state index in [4.69, 9.17) is 10.5 Å². The third-order valence-electron chi connectivity index (χ3n) is 3.64. The minimum Gasteiger partial charge on any atom is -0.491 e. The Labute approximate surface area is 125 Å². The summed E-state index contributed by atoms with van der Waals surface area (Å²) in [6, 6.07) is 14.3. The lowest BCUT2D eigenvalue weighted by molar-refractivity contribution is 0.235. The quantitative estimate of drug-likeness (QED) is 0.893. The molecule has 0 radical (unpaired) electrons. The molecular weight excluding hydrogens is 265 g/mol. The molecule has 0 aliphatic rings. The minimum absolute atomic E-state index is 0.0351. The van der Waals surface area contributed by atoms with E-state index in [1.165, 1.54) is 6.07 Å². The number of para-hydroxylation sites is 1. The van der Waals surface area contributed by atoms with Gasteiger partial charge in [0, 0.05) is 11.1 Å². The second-order valence-corrected chi connectivity index (χ2v) is 5.47. The molecular formula is C18H22FNO. The van der Waals surface area contributed by atoms with E-state index < -0.39 is 5.54 Å². The van der Waals surface area contributed by atoms with Crippen molar-refractivity contribution >= 4 is 0 Å². The summed E-state index contributed by atoms with van der Waals surface area (Å²) in [5.41, 5.74) is 7.00. The van der Waals surface area contributed by atoms with E-state index in [9.17, 15) is 4.39 Å². The van der Waals surface area contributed by atoms with Gasteiger partial charge in [-0.05, 0) is 32.4 Å². The Morgan fingerprint density at radius 1 is 1.05 bits per heavy atom. The SMILES string of the molecule is CCC(N)(c1ccccc1F)c1ccccc1OC(C)C. The molecule has 1 unspecified atom stereocenters. The zero-order valence-corrected chi connectivity index (χ0v) is 12.8. The lowest BCUT2D eigenvalue weighted by Crippen LogP contribution is -2.38. The lowest BCUT2D eigenvalue weighted by Gasteiger charge is -2.32. The predicted octanol–water partition coefficient (Wildman–Crippen LogP) is 4.23. The highest BCUT2D eigenvalue weighted by molar-refractivity contribution is 5.46. The summed E-state index contributed by atoms with van der Waals surface area (Å²) in [5, 5.41) is 0. The van der Waals surface area contributed by atoms with Crippen LogP contribution in [0.15, 0.2) is 48.5 Å². The van der Waals surface area contributed by atoms with Crippen molar-refractivity contribution in [3.05, 3.63) is 65.5 Å². The average molecular weight is 287 g/mol. The third kappa shape index (κ3) is 3.08. The molecule has 2 N–H and O–H groups in total. The van der Waals surface area contributed by atoms with E-state index in [2.05, 4.69) is 0 Å². The molecule has 0 saturated heterocycles. The fraction of sp³-hybridized carbons (Fsp3) is 0.333. The molecule has 1 atom stereocenters. The first-order chi connectivity index (χ1) is 9.99. The fourth-order valence-electron chi connectivity index (χ4n) is 2.54. The smallest absolute Gasteiger partial charge is 0.128 e. The molecule has 0 bridgehead atoms. The van der Waals surface area contributed by atoms with Crippen LogP contribution in [0.1, 0.15) is 38.3 Å². The zero-order valence-electron chi connectivity index (χ0n) is 12.8. The van der Waals surface area contributed by atoms with Crippen molar-refractivity contribution in [2.24, 2.45) is 5.73 Å². The Morgan fingerprint density at radius 3 is 2.19 bits per heavy atom. The first kappa shape index (κ1) is 15.5. The van der Waals surface area contributed by atoms with E-state index >= 15 is 0 Å². The topological polar surface area (TPSA) is 35.2 Å². The van der Waals surface area contributed by atoms with E-state index in [0.29, 0.717) is 17.7 Å². The van der Waals surface area contributed by atoms with Gasteiger partial charge in [-0.25, -0.2) is 4.39 Å². The maximum Gasteiger partial charge on any atom is 0.128 e. The molecule has 0 saturated carbocycles. The Bertz CT molecular complexity index is 612. The second-order valence-electron chi connectivity index (χ2n) is 5.47. The van der Waals surface area contributed by atoms with Crippen molar-refractivity contribution in [2.45, 2.75) is 38.8 Å². The molecule has 0 aromatic heterocycles. The molecule has 112 valence electrons. The van der Waals surface area contributed by atoms with Crippen molar-refractivity contribution < 1.29 is 9.13 Å². The molecule has 0 amide bonds. The number of benzene rings is 2. The van der Waals surface area contributed by atoms with Crippen LogP contribution in [0, 0.1) is 5.82 Å². The minimum atomic E-state index is -0.906.